The Morgan fingerprint density at radius 2 is 2.08 bits per heavy atom. The van der Waals surface area contributed by atoms with Crippen molar-refractivity contribution < 1.29 is 14.3 Å². The molecule has 6 nitrogen and oxygen atoms in total. The first-order valence-electron chi connectivity index (χ1n) is 8.46. The smallest absolute Gasteiger partial charge is 0.414 e. The highest BCUT2D eigenvalue weighted by Gasteiger charge is 2.29. The molecule has 1 amide bonds. The van der Waals surface area contributed by atoms with Crippen molar-refractivity contribution in [3.8, 4) is 5.75 Å². The van der Waals surface area contributed by atoms with Gasteiger partial charge in [-0.2, -0.15) is 0 Å². The van der Waals surface area contributed by atoms with Crippen LogP contribution in [0.1, 0.15) is 46.2 Å². The minimum atomic E-state index is -0.472. The molecule has 0 aliphatic carbocycles. The lowest BCUT2D eigenvalue weighted by Crippen LogP contribution is -2.43. The van der Waals surface area contributed by atoms with E-state index in [-0.39, 0.29) is 18.2 Å². The summed E-state index contributed by atoms with van der Waals surface area (Å²) in [4.78, 5) is 18.4. The maximum Gasteiger partial charge on any atom is 0.414 e. The number of alkyl carbamates (subject to hydrolysis) is 1. The van der Waals surface area contributed by atoms with Gasteiger partial charge >= 0.3 is 6.09 Å². The second-order valence-electron chi connectivity index (χ2n) is 6.28. The van der Waals surface area contributed by atoms with Crippen LogP contribution in [0.5, 0.6) is 5.75 Å². The van der Waals surface area contributed by atoms with Gasteiger partial charge in [-0.1, -0.05) is 12.1 Å². The SMILES string of the molecule is CCN1C(NC(=O)OC(C)C)=NCC1c1cccc(OC(C)C)c1. The van der Waals surface area contributed by atoms with Crippen LogP contribution in [0.4, 0.5) is 4.79 Å². The number of nitrogens with one attached hydrogen (secondary N) is 1. The largest absolute Gasteiger partial charge is 0.491 e. The van der Waals surface area contributed by atoms with E-state index in [2.05, 4.69) is 21.3 Å². The number of carbonyl (C=O) groups is 1. The van der Waals surface area contributed by atoms with Crippen LogP contribution in [0.25, 0.3) is 0 Å². The number of ether oxygens (including phenoxy) is 2. The van der Waals surface area contributed by atoms with E-state index in [0.29, 0.717) is 12.5 Å². The number of aliphatic imine (C=N–C) groups is 1. The van der Waals surface area contributed by atoms with Gasteiger partial charge in [-0.15, -0.1) is 0 Å². The van der Waals surface area contributed by atoms with Gasteiger partial charge in [0.05, 0.1) is 24.8 Å². The standard InChI is InChI=1S/C18H27N3O3/c1-6-21-16(11-19-17(21)20-18(22)24-13(4)5)14-8-7-9-15(10-14)23-12(2)3/h7-10,12-13,16H,6,11H2,1-5H3,(H,19,20,22). The molecule has 0 aromatic heterocycles. The molecule has 1 atom stereocenters. The van der Waals surface area contributed by atoms with E-state index in [1.165, 1.54) is 0 Å². The third-order valence-corrected chi connectivity index (χ3v) is 3.57. The molecular formula is C18H27N3O3. The maximum atomic E-state index is 11.8. The number of amides is 1. The van der Waals surface area contributed by atoms with Gasteiger partial charge in [0.1, 0.15) is 5.75 Å². The monoisotopic (exact) mass is 333 g/mol. The highest BCUT2D eigenvalue weighted by Crippen LogP contribution is 2.28. The zero-order chi connectivity index (χ0) is 17.7. The van der Waals surface area contributed by atoms with Crippen LogP contribution >= 0.6 is 0 Å². The Morgan fingerprint density at radius 3 is 2.71 bits per heavy atom. The number of nitrogens with zero attached hydrogens (tertiary/aromatic N) is 2. The van der Waals surface area contributed by atoms with Gasteiger partial charge in [0, 0.05) is 6.54 Å². The van der Waals surface area contributed by atoms with Gasteiger partial charge < -0.3 is 14.4 Å². The molecule has 1 aromatic carbocycles. The Kier molecular flexibility index (Phi) is 6.06. The topological polar surface area (TPSA) is 63.2 Å². The molecule has 6 heteroatoms. The van der Waals surface area contributed by atoms with Crippen LogP contribution in [0.2, 0.25) is 0 Å². The van der Waals surface area contributed by atoms with E-state index in [0.717, 1.165) is 17.9 Å². The molecule has 132 valence electrons. The summed E-state index contributed by atoms with van der Waals surface area (Å²) in [6.07, 6.45) is -0.507. The Bertz CT molecular complexity index is 599. The van der Waals surface area contributed by atoms with Crippen molar-refractivity contribution >= 4 is 12.1 Å². The van der Waals surface area contributed by atoms with E-state index >= 15 is 0 Å². The van der Waals surface area contributed by atoms with Gasteiger partial charge in [0.15, 0.2) is 0 Å². The fraction of sp³-hybridized carbons (Fsp3) is 0.556. The average molecular weight is 333 g/mol. The molecule has 1 unspecified atom stereocenters. The van der Waals surface area contributed by atoms with Crippen molar-refractivity contribution in [2.45, 2.75) is 52.9 Å². The molecule has 0 saturated carbocycles. The van der Waals surface area contributed by atoms with Crippen molar-refractivity contribution in [3.05, 3.63) is 29.8 Å². The molecular weight excluding hydrogens is 306 g/mol. The third-order valence-electron chi connectivity index (χ3n) is 3.57. The minimum Gasteiger partial charge on any atom is -0.491 e. The summed E-state index contributed by atoms with van der Waals surface area (Å²) in [5, 5.41) is 2.74. The van der Waals surface area contributed by atoms with Crippen LogP contribution in [0.15, 0.2) is 29.3 Å². The second kappa shape index (κ2) is 8.04. The van der Waals surface area contributed by atoms with Crippen LogP contribution < -0.4 is 10.1 Å². The number of rotatable bonds is 5. The molecule has 0 saturated heterocycles. The summed E-state index contributed by atoms with van der Waals surface area (Å²) >= 11 is 0. The molecule has 0 spiro atoms. The number of benzene rings is 1. The Labute approximate surface area is 143 Å². The number of likely N-dealkylation sites (N-methyl/N-ethyl adjacent to an activating group) is 1. The molecule has 1 aliphatic heterocycles. The van der Waals surface area contributed by atoms with Crippen molar-refractivity contribution in [1.29, 1.82) is 0 Å². The Morgan fingerprint density at radius 1 is 1.33 bits per heavy atom. The highest BCUT2D eigenvalue weighted by atomic mass is 16.6. The van der Waals surface area contributed by atoms with Crippen LogP contribution in [-0.4, -0.2) is 42.3 Å². The number of guanidine groups is 1. The molecule has 1 heterocycles. The zero-order valence-corrected chi connectivity index (χ0v) is 15.1. The van der Waals surface area contributed by atoms with Crippen LogP contribution in [-0.2, 0) is 4.74 Å². The summed E-state index contributed by atoms with van der Waals surface area (Å²) < 4.78 is 10.9. The summed E-state index contributed by atoms with van der Waals surface area (Å²) in [6, 6.07) is 8.12. The molecule has 0 bridgehead atoms. The first-order chi connectivity index (χ1) is 11.4. The lowest BCUT2D eigenvalue weighted by atomic mass is 10.1. The predicted octanol–water partition coefficient (Wildman–Crippen LogP) is 3.34. The first-order valence-corrected chi connectivity index (χ1v) is 8.46. The molecule has 2 rings (SSSR count). The van der Waals surface area contributed by atoms with Crippen molar-refractivity contribution in [2.75, 3.05) is 13.1 Å². The van der Waals surface area contributed by atoms with E-state index in [1.807, 2.05) is 52.8 Å². The van der Waals surface area contributed by atoms with E-state index in [4.69, 9.17) is 9.47 Å². The van der Waals surface area contributed by atoms with Gasteiger partial charge in [-0.25, -0.2) is 4.79 Å². The van der Waals surface area contributed by atoms with Gasteiger partial charge in [0.2, 0.25) is 5.96 Å². The third kappa shape index (κ3) is 4.63. The van der Waals surface area contributed by atoms with Crippen LogP contribution in [0.3, 0.4) is 0 Å². The minimum absolute atomic E-state index is 0.0834. The zero-order valence-electron chi connectivity index (χ0n) is 15.1. The van der Waals surface area contributed by atoms with Gasteiger partial charge in [-0.05, 0) is 52.3 Å². The molecule has 1 aliphatic rings. The van der Waals surface area contributed by atoms with Crippen molar-refractivity contribution in [1.82, 2.24) is 10.2 Å². The summed E-state index contributed by atoms with van der Waals surface area (Å²) in [6.45, 7) is 11.0. The quantitative estimate of drug-likeness (QED) is 0.897. The predicted molar refractivity (Wildman–Crippen MR) is 94.4 cm³/mol. The second-order valence-corrected chi connectivity index (χ2v) is 6.28. The van der Waals surface area contributed by atoms with E-state index in [1.54, 1.807) is 0 Å². The van der Waals surface area contributed by atoms with Crippen molar-refractivity contribution in [3.63, 3.8) is 0 Å². The Hall–Kier alpha value is -2.24. The Balaban J connectivity index is 2.09. The fourth-order valence-electron chi connectivity index (χ4n) is 2.68. The number of hydrogen-bond donors (Lipinski definition) is 1. The number of carbonyl (C=O) groups excluding carboxylic acids is 1. The molecule has 0 radical (unpaired) electrons. The summed E-state index contributed by atoms with van der Waals surface area (Å²) in [5.74, 6) is 1.41. The summed E-state index contributed by atoms with van der Waals surface area (Å²) in [7, 11) is 0. The van der Waals surface area contributed by atoms with Crippen LogP contribution in [0, 0.1) is 0 Å². The molecule has 1 N–H and O–H groups in total. The molecule has 24 heavy (non-hydrogen) atoms. The van der Waals surface area contributed by atoms with Gasteiger partial charge in [-0.3, -0.25) is 10.3 Å². The first kappa shape index (κ1) is 18.1. The van der Waals surface area contributed by atoms with Crippen molar-refractivity contribution in [2.24, 2.45) is 4.99 Å². The van der Waals surface area contributed by atoms with Gasteiger partial charge in [0.25, 0.3) is 0 Å². The lowest BCUT2D eigenvalue weighted by Gasteiger charge is -2.27. The fourth-order valence-corrected chi connectivity index (χ4v) is 2.68. The average Bonchev–Trinajstić information content (AvgIpc) is 2.88. The normalized spacial score (nSPS) is 17.2. The van der Waals surface area contributed by atoms with E-state index < -0.39 is 6.09 Å². The van der Waals surface area contributed by atoms with E-state index in [9.17, 15) is 4.79 Å². The lowest BCUT2D eigenvalue weighted by molar-refractivity contribution is 0.119. The maximum absolute atomic E-state index is 11.8. The molecule has 0 fully saturated rings. The number of hydrogen-bond acceptors (Lipinski definition) is 5. The highest BCUT2D eigenvalue weighted by molar-refractivity contribution is 5.95. The molecule has 1 aromatic rings. The summed E-state index contributed by atoms with van der Waals surface area (Å²) in [5.41, 5.74) is 1.12.